The Hall–Kier alpha value is -3.10. The SMILES string of the molecule is COc1ccccc1C(=O)CC(=O)NC(CN1CCCC1)C(O)c1ccc2c(c1)OCCO2. The molecule has 1 amide bonds. The van der Waals surface area contributed by atoms with Crippen LogP contribution in [0.1, 0.15) is 41.3 Å². The van der Waals surface area contributed by atoms with Crippen molar-refractivity contribution in [1.29, 1.82) is 0 Å². The van der Waals surface area contributed by atoms with Gasteiger partial charge in [0.15, 0.2) is 17.3 Å². The first kappa shape index (κ1) is 23.1. The number of likely N-dealkylation sites (tertiary alicyclic amines) is 1. The van der Waals surface area contributed by atoms with Crippen LogP contribution in [-0.4, -0.2) is 67.7 Å². The molecule has 1 saturated heterocycles. The second-order valence-corrected chi connectivity index (χ2v) is 8.33. The van der Waals surface area contributed by atoms with Gasteiger partial charge >= 0.3 is 0 Å². The van der Waals surface area contributed by atoms with Crippen molar-refractivity contribution in [3.05, 3.63) is 53.6 Å². The molecule has 2 aliphatic heterocycles. The number of ether oxygens (including phenoxy) is 3. The fourth-order valence-electron chi connectivity index (χ4n) is 4.32. The molecule has 176 valence electrons. The smallest absolute Gasteiger partial charge is 0.228 e. The zero-order chi connectivity index (χ0) is 23.2. The average Bonchev–Trinajstić information content (AvgIpc) is 3.36. The number of amides is 1. The highest BCUT2D eigenvalue weighted by molar-refractivity contribution is 6.08. The quantitative estimate of drug-likeness (QED) is 0.443. The van der Waals surface area contributed by atoms with Crippen molar-refractivity contribution in [2.45, 2.75) is 31.4 Å². The highest BCUT2D eigenvalue weighted by Gasteiger charge is 2.28. The lowest BCUT2D eigenvalue weighted by atomic mass is 10.00. The Morgan fingerprint density at radius 2 is 1.82 bits per heavy atom. The van der Waals surface area contributed by atoms with Gasteiger partial charge in [-0.2, -0.15) is 0 Å². The van der Waals surface area contributed by atoms with Gasteiger partial charge in [0.25, 0.3) is 0 Å². The van der Waals surface area contributed by atoms with E-state index in [4.69, 9.17) is 14.2 Å². The average molecular weight is 455 g/mol. The maximum Gasteiger partial charge on any atom is 0.228 e. The molecule has 2 aliphatic rings. The summed E-state index contributed by atoms with van der Waals surface area (Å²) in [4.78, 5) is 27.8. The molecule has 2 unspecified atom stereocenters. The number of benzene rings is 2. The van der Waals surface area contributed by atoms with Gasteiger partial charge < -0.3 is 29.5 Å². The molecule has 0 aliphatic carbocycles. The topological polar surface area (TPSA) is 97.3 Å². The number of Topliss-reactive ketones (excluding diaryl/α,β-unsaturated/α-hetero) is 1. The third kappa shape index (κ3) is 5.64. The number of ketones is 1. The minimum atomic E-state index is -0.966. The predicted octanol–water partition coefficient (Wildman–Crippen LogP) is 2.35. The van der Waals surface area contributed by atoms with E-state index in [-0.39, 0.29) is 12.2 Å². The number of hydrogen-bond donors (Lipinski definition) is 2. The first-order chi connectivity index (χ1) is 16.0. The summed E-state index contributed by atoms with van der Waals surface area (Å²) in [6.07, 6.45) is 0.886. The summed E-state index contributed by atoms with van der Waals surface area (Å²) in [6, 6.07) is 11.5. The number of aliphatic hydroxyl groups excluding tert-OH is 1. The summed E-state index contributed by atoms with van der Waals surface area (Å²) in [5, 5.41) is 14.1. The predicted molar refractivity (Wildman–Crippen MR) is 122 cm³/mol. The summed E-state index contributed by atoms with van der Waals surface area (Å²) < 4.78 is 16.4. The number of nitrogens with zero attached hydrogens (tertiary/aromatic N) is 1. The molecule has 0 aromatic heterocycles. The van der Waals surface area contributed by atoms with Crippen molar-refractivity contribution in [2.24, 2.45) is 0 Å². The van der Waals surface area contributed by atoms with E-state index in [9.17, 15) is 14.7 Å². The highest BCUT2D eigenvalue weighted by atomic mass is 16.6. The molecule has 1 fully saturated rings. The molecular weight excluding hydrogens is 424 g/mol. The van der Waals surface area contributed by atoms with E-state index in [0.717, 1.165) is 25.9 Å². The monoisotopic (exact) mass is 454 g/mol. The van der Waals surface area contributed by atoms with E-state index in [1.807, 2.05) is 0 Å². The summed E-state index contributed by atoms with van der Waals surface area (Å²) in [5.74, 6) is 0.876. The van der Waals surface area contributed by atoms with Crippen molar-refractivity contribution in [1.82, 2.24) is 10.2 Å². The number of rotatable bonds is 9. The Labute approximate surface area is 193 Å². The standard InChI is InChI=1S/C25H30N2O6/c1-31-21-7-3-2-6-18(21)20(28)15-24(29)26-19(16-27-10-4-5-11-27)25(30)17-8-9-22-23(14-17)33-13-12-32-22/h2-3,6-9,14,19,25,30H,4-5,10-13,15-16H2,1H3,(H,26,29). The molecule has 2 N–H and O–H groups in total. The first-order valence-electron chi connectivity index (χ1n) is 11.3. The van der Waals surface area contributed by atoms with Crippen molar-refractivity contribution >= 4 is 11.7 Å². The number of para-hydroxylation sites is 1. The van der Waals surface area contributed by atoms with E-state index < -0.39 is 18.1 Å². The van der Waals surface area contributed by atoms with Crippen molar-refractivity contribution < 1.29 is 28.9 Å². The largest absolute Gasteiger partial charge is 0.496 e. The maximum atomic E-state index is 12.8. The molecule has 8 heteroatoms. The Kier molecular flexibility index (Phi) is 7.47. The minimum Gasteiger partial charge on any atom is -0.496 e. The molecule has 2 aromatic carbocycles. The Morgan fingerprint density at radius 1 is 1.09 bits per heavy atom. The van der Waals surface area contributed by atoms with E-state index in [2.05, 4.69) is 10.2 Å². The highest BCUT2D eigenvalue weighted by Crippen LogP contribution is 2.33. The molecule has 2 aromatic rings. The number of methoxy groups -OCH3 is 1. The van der Waals surface area contributed by atoms with Gasteiger partial charge in [-0.15, -0.1) is 0 Å². The fourth-order valence-corrected chi connectivity index (χ4v) is 4.32. The summed E-state index contributed by atoms with van der Waals surface area (Å²) >= 11 is 0. The molecule has 2 heterocycles. The van der Waals surface area contributed by atoms with E-state index in [1.54, 1.807) is 42.5 Å². The summed E-state index contributed by atoms with van der Waals surface area (Å²) in [5.41, 5.74) is 0.985. The Balaban J connectivity index is 1.48. The van der Waals surface area contributed by atoms with Crippen LogP contribution in [0.3, 0.4) is 0 Å². The van der Waals surface area contributed by atoms with Gasteiger partial charge in [-0.3, -0.25) is 9.59 Å². The lowest BCUT2D eigenvalue weighted by molar-refractivity contribution is -0.122. The second kappa shape index (κ2) is 10.7. The molecule has 4 rings (SSSR count). The molecule has 33 heavy (non-hydrogen) atoms. The number of nitrogens with one attached hydrogen (secondary N) is 1. The normalized spacial score (nSPS) is 17.3. The minimum absolute atomic E-state index is 0.329. The maximum absolute atomic E-state index is 12.8. The van der Waals surface area contributed by atoms with Gasteiger partial charge in [-0.1, -0.05) is 18.2 Å². The van der Waals surface area contributed by atoms with Crippen LogP contribution in [0.15, 0.2) is 42.5 Å². The molecule has 0 radical (unpaired) electrons. The lowest BCUT2D eigenvalue weighted by Gasteiger charge is -2.29. The number of carbonyl (C=O) groups is 2. The van der Waals surface area contributed by atoms with Crippen molar-refractivity contribution in [2.75, 3.05) is 40.0 Å². The number of fused-ring (bicyclic) bond motifs is 1. The number of aliphatic hydroxyl groups is 1. The molecule has 0 saturated carbocycles. The third-order valence-corrected chi connectivity index (χ3v) is 6.02. The van der Waals surface area contributed by atoms with Crippen LogP contribution in [0, 0.1) is 0 Å². The van der Waals surface area contributed by atoms with E-state index in [1.165, 1.54) is 7.11 Å². The molecule has 2 atom stereocenters. The van der Waals surface area contributed by atoms with Crippen LogP contribution in [0.25, 0.3) is 0 Å². The number of carbonyl (C=O) groups excluding carboxylic acids is 2. The van der Waals surface area contributed by atoms with Gasteiger partial charge in [0.2, 0.25) is 5.91 Å². The zero-order valence-corrected chi connectivity index (χ0v) is 18.8. The molecule has 8 nitrogen and oxygen atoms in total. The molecular formula is C25H30N2O6. The van der Waals surface area contributed by atoms with Gasteiger partial charge in [0, 0.05) is 6.54 Å². The van der Waals surface area contributed by atoms with Crippen LogP contribution in [0.2, 0.25) is 0 Å². The van der Waals surface area contributed by atoms with E-state index >= 15 is 0 Å². The van der Waals surface area contributed by atoms with E-state index in [0.29, 0.717) is 48.1 Å². The third-order valence-electron chi connectivity index (χ3n) is 6.02. The van der Waals surface area contributed by atoms with Crippen molar-refractivity contribution in [3.63, 3.8) is 0 Å². The van der Waals surface area contributed by atoms with Gasteiger partial charge in [-0.05, 0) is 55.8 Å². The van der Waals surface area contributed by atoms with Crippen LogP contribution in [0.4, 0.5) is 0 Å². The van der Waals surface area contributed by atoms with Crippen molar-refractivity contribution in [3.8, 4) is 17.2 Å². The summed E-state index contributed by atoms with van der Waals surface area (Å²) in [6.45, 7) is 3.26. The van der Waals surface area contributed by atoms with Crippen LogP contribution < -0.4 is 19.5 Å². The van der Waals surface area contributed by atoms with Crippen LogP contribution in [0.5, 0.6) is 17.2 Å². The van der Waals surface area contributed by atoms with Crippen LogP contribution in [-0.2, 0) is 4.79 Å². The van der Waals surface area contributed by atoms with Gasteiger partial charge in [0.1, 0.15) is 25.1 Å². The fraction of sp³-hybridized carbons (Fsp3) is 0.440. The lowest BCUT2D eigenvalue weighted by Crippen LogP contribution is -2.47. The van der Waals surface area contributed by atoms with Gasteiger partial charge in [-0.25, -0.2) is 0 Å². The molecule has 0 spiro atoms. The van der Waals surface area contributed by atoms with Crippen LogP contribution >= 0.6 is 0 Å². The summed E-state index contributed by atoms with van der Waals surface area (Å²) in [7, 11) is 1.49. The second-order valence-electron chi connectivity index (χ2n) is 8.33. The van der Waals surface area contributed by atoms with Gasteiger partial charge in [0.05, 0.1) is 25.1 Å². The number of hydrogen-bond acceptors (Lipinski definition) is 7. The molecule has 0 bridgehead atoms. The Bertz CT molecular complexity index is 989. The first-order valence-corrected chi connectivity index (χ1v) is 11.3. The Morgan fingerprint density at radius 3 is 2.58 bits per heavy atom. The zero-order valence-electron chi connectivity index (χ0n) is 18.8.